The van der Waals surface area contributed by atoms with Gasteiger partial charge in [-0.2, -0.15) is 5.26 Å². The van der Waals surface area contributed by atoms with Gasteiger partial charge >= 0.3 is 0 Å². The standard InChI is InChI=1S/C12H13ClN2O2/c1-3-8(7-14)12(16)15-9-4-5-10(13)11(6-9)17-2/h4-6,8H,3H2,1-2H3,(H,15,16). The van der Waals surface area contributed by atoms with Crippen molar-refractivity contribution in [3.05, 3.63) is 23.2 Å². The molecule has 0 aliphatic heterocycles. The third kappa shape index (κ3) is 3.36. The highest BCUT2D eigenvalue weighted by Gasteiger charge is 2.15. The number of amides is 1. The molecule has 0 aliphatic rings. The molecule has 5 heteroatoms. The van der Waals surface area contributed by atoms with E-state index in [-0.39, 0.29) is 5.91 Å². The largest absolute Gasteiger partial charge is 0.495 e. The van der Waals surface area contributed by atoms with Gasteiger partial charge in [0, 0.05) is 11.8 Å². The quantitative estimate of drug-likeness (QED) is 0.896. The van der Waals surface area contributed by atoms with Crippen molar-refractivity contribution >= 4 is 23.2 Å². The smallest absolute Gasteiger partial charge is 0.241 e. The Morgan fingerprint density at radius 1 is 1.65 bits per heavy atom. The van der Waals surface area contributed by atoms with E-state index in [1.165, 1.54) is 7.11 Å². The Morgan fingerprint density at radius 2 is 2.35 bits per heavy atom. The fourth-order valence-electron chi connectivity index (χ4n) is 1.30. The molecule has 0 saturated carbocycles. The number of nitriles is 1. The van der Waals surface area contributed by atoms with Crippen LogP contribution in [0.5, 0.6) is 5.75 Å². The summed E-state index contributed by atoms with van der Waals surface area (Å²) in [6, 6.07) is 6.85. The molecule has 17 heavy (non-hydrogen) atoms. The number of benzene rings is 1. The summed E-state index contributed by atoms with van der Waals surface area (Å²) in [5, 5.41) is 11.9. The summed E-state index contributed by atoms with van der Waals surface area (Å²) in [6.07, 6.45) is 0.479. The number of halogens is 1. The summed E-state index contributed by atoms with van der Waals surface area (Å²) < 4.78 is 5.03. The summed E-state index contributed by atoms with van der Waals surface area (Å²) in [7, 11) is 1.50. The number of hydrogen-bond donors (Lipinski definition) is 1. The van der Waals surface area contributed by atoms with Crippen LogP contribution in [0.3, 0.4) is 0 Å². The lowest BCUT2D eigenvalue weighted by Crippen LogP contribution is -2.20. The number of carbonyl (C=O) groups excluding carboxylic acids is 1. The second kappa shape index (κ2) is 6.12. The number of methoxy groups -OCH3 is 1. The van der Waals surface area contributed by atoms with Gasteiger partial charge in [-0.15, -0.1) is 0 Å². The normalized spacial score (nSPS) is 11.4. The van der Waals surface area contributed by atoms with E-state index in [9.17, 15) is 4.79 Å². The molecule has 1 aromatic carbocycles. The Morgan fingerprint density at radius 3 is 2.88 bits per heavy atom. The average molecular weight is 253 g/mol. The number of nitrogens with one attached hydrogen (secondary N) is 1. The molecule has 1 amide bonds. The minimum Gasteiger partial charge on any atom is -0.495 e. The predicted octanol–water partition coefficient (Wildman–Crippen LogP) is 2.84. The van der Waals surface area contributed by atoms with Gasteiger partial charge in [-0.3, -0.25) is 4.79 Å². The van der Waals surface area contributed by atoms with Gasteiger partial charge in [0.25, 0.3) is 0 Å². The molecule has 0 aromatic heterocycles. The zero-order chi connectivity index (χ0) is 12.8. The van der Waals surface area contributed by atoms with E-state index in [0.717, 1.165) is 0 Å². The van der Waals surface area contributed by atoms with Crippen molar-refractivity contribution in [2.75, 3.05) is 12.4 Å². The van der Waals surface area contributed by atoms with Gasteiger partial charge in [-0.05, 0) is 18.6 Å². The summed E-state index contributed by atoms with van der Waals surface area (Å²) in [4.78, 5) is 11.7. The van der Waals surface area contributed by atoms with Crippen molar-refractivity contribution in [2.45, 2.75) is 13.3 Å². The number of nitrogens with zero attached hydrogens (tertiary/aromatic N) is 1. The first-order valence-electron chi connectivity index (χ1n) is 5.16. The minimum atomic E-state index is -0.642. The summed E-state index contributed by atoms with van der Waals surface area (Å²) in [5.41, 5.74) is 0.560. The fourth-order valence-corrected chi connectivity index (χ4v) is 1.50. The molecule has 1 aromatic rings. The average Bonchev–Trinajstić information content (AvgIpc) is 2.33. The number of carbonyl (C=O) groups is 1. The number of rotatable bonds is 4. The second-order valence-corrected chi connectivity index (χ2v) is 3.84. The molecule has 1 rings (SSSR count). The maximum absolute atomic E-state index is 11.7. The summed E-state index contributed by atoms with van der Waals surface area (Å²) >= 11 is 5.86. The van der Waals surface area contributed by atoms with Crippen molar-refractivity contribution in [3.63, 3.8) is 0 Å². The van der Waals surface area contributed by atoms with Gasteiger partial charge in [0.2, 0.25) is 5.91 Å². The Kier molecular flexibility index (Phi) is 4.80. The lowest BCUT2D eigenvalue weighted by Gasteiger charge is -2.10. The molecular formula is C12H13ClN2O2. The lowest BCUT2D eigenvalue weighted by molar-refractivity contribution is -0.118. The molecule has 1 N–H and O–H groups in total. The molecule has 0 bridgehead atoms. The first-order chi connectivity index (χ1) is 8.12. The zero-order valence-electron chi connectivity index (χ0n) is 9.66. The van der Waals surface area contributed by atoms with Gasteiger partial charge in [-0.1, -0.05) is 18.5 Å². The fraction of sp³-hybridized carbons (Fsp3) is 0.333. The monoisotopic (exact) mass is 252 g/mol. The van der Waals surface area contributed by atoms with Crippen LogP contribution >= 0.6 is 11.6 Å². The van der Waals surface area contributed by atoms with Crippen molar-refractivity contribution in [1.82, 2.24) is 0 Å². The highest BCUT2D eigenvalue weighted by atomic mass is 35.5. The van der Waals surface area contributed by atoms with E-state index >= 15 is 0 Å². The molecule has 90 valence electrons. The van der Waals surface area contributed by atoms with Crippen molar-refractivity contribution < 1.29 is 9.53 Å². The van der Waals surface area contributed by atoms with Crippen LogP contribution in [0.15, 0.2) is 18.2 Å². The molecular weight excluding hydrogens is 240 g/mol. The zero-order valence-corrected chi connectivity index (χ0v) is 10.4. The third-order valence-corrected chi connectivity index (χ3v) is 2.61. The maximum Gasteiger partial charge on any atom is 0.241 e. The molecule has 0 spiro atoms. The van der Waals surface area contributed by atoms with Gasteiger partial charge in [-0.25, -0.2) is 0 Å². The van der Waals surface area contributed by atoms with Gasteiger partial charge < -0.3 is 10.1 Å². The van der Waals surface area contributed by atoms with Crippen LogP contribution in [0, 0.1) is 17.2 Å². The molecule has 0 aliphatic carbocycles. The van der Waals surface area contributed by atoms with Crippen molar-refractivity contribution in [1.29, 1.82) is 5.26 Å². The van der Waals surface area contributed by atoms with Crippen molar-refractivity contribution in [3.8, 4) is 11.8 Å². The van der Waals surface area contributed by atoms with E-state index in [2.05, 4.69) is 5.32 Å². The molecule has 1 atom stereocenters. The number of anilines is 1. The van der Waals surface area contributed by atoms with Crippen LogP contribution in [-0.4, -0.2) is 13.0 Å². The van der Waals surface area contributed by atoms with Gasteiger partial charge in [0.05, 0.1) is 18.2 Å². The van der Waals surface area contributed by atoms with E-state index in [1.807, 2.05) is 6.07 Å². The lowest BCUT2D eigenvalue weighted by atomic mass is 10.1. The Labute approximate surface area is 105 Å². The van der Waals surface area contributed by atoms with Crippen LogP contribution in [0.2, 0.25) is 5.02 Å². The van der Waals surface area contributed by atoms with Gasteiger partial charge in [0.1, 0.15) is 11.7 Å². The predicted molar refractivity (Wildman–Crippen MR) is 66.0 cm³/mol. The maximum atomic E-state index is 11.7. The first kappa shape index (κ1) is 13.3. The van der Waals surface area contributed by atoms with E-state index in [1.54, 1.807) is 25.1 Å². The SMILES string of the molecule is CCC(C#N)C(=O)Nc1ccc(Cl)c(OC)c1. The minimum absolute atomic E-state index is 0.320. The van der Waals surface area contributed by atoms with Crippen LogP contribution in [0.4, 0.5) is 5.69 Å². The number of ether oxygens (including phenoxy) is 1. The molecule has 0 radical (unpaired) electrons. The summed E-state index contributed by atoms with van der Waals surface area (Å²) in [5.74, 6) is -0.481. The van der Waals surface area contributed by atoms with Crippen molar-refractivity contribution in [2.24, 2.45) is 5.92 Å². The molecule has 0 fully saturated rings. The topological polar surface area (TPSA) is 62.1 Å². The second-order valence-electron chi connectivity index (χ2n) is 3.43. The molecule has 0 heterocycles. The first-order valence-corrected chi connectivity index (χ1v) is 5.54. The highest BCUT2D eigenvalue weighted by Crippen LogP contribution is 2.27. The Balaban J connectivity index is 2.82. The van der Waals surface area contributed by atoms with E-state index in [4.69, 9.17) is 21.6 Å². The van der Waals surface area contributed by atoms with Crippen LogP contribution < -0.4 is 10.1 Å². The van der Waals surface area contributed by atoms with E-state index in [0.29, 0.717) is 22.9 Å². The molecule has 4 nitrogen and oxygen atoms in total. The Hall–Kier alpha value is -1.73. The highest BCUT2D eigenvalue weighted by molar-refractivity contribution is 6.32. The summed E-state index contributed by atoms with van der Waals surface area (Å²) in [6.45, 7) is 1.79. The van der Waals surface area contributed by atoms with Crippen LogP contribution in [0.1, 0.15) is 13.3 Å². The van der Waals surface area contributed by atoms with Crippen LogP contribution in [0.25, 0.3) is 0 Å². The van der Waals surface area contributed by atoms with Gasteiger partial charge in [0.15, 0.2) is 0 Å². The van der Waals surface area contributed by atoms with E-state index < -0.39 is 5.92 Å². The van der Waals surface area contributed by atoms with Crippen LogP contribution in [-0.2, 0) is 4.79 Å². The third-order valence-electron chi connectivity index (χ3n) is 2.30. The molecule has 1 unspecified atom stereocenters. The molecule has 0 saturated heterocycles. The number of hydrogen-bond acceptors (Lipinski definition) is 3. The Bertz CT molecular complexity index is 454.